The normalized spacial score (nSPS) is 16.6. The number of amides is 1. The molecule has 1 amide bonds. The highest BCUT2D eigenvalue weighted by Gasteiger charge is 2.46. The number of fused-ring (bicyclic) bond motifs is 2. The average Bonchev–Trinajstić information content (AvgIpc) is 3.23. The number of carbonyl (C=O) groups excluding carboxylic acids is 1. The molecular formula is C31H26Cl2FN3O. The number of pyridine rings is 1. The van der Waals surface area contributed by atoms with Gasteiger partial charge in [-0.1, -0.05) is 77.8 Å². The van der Waals surface area contributed by atoms with Crippen LogP contribution in [0.3, 0.4) is 0 Å². The van der Waals surface area contributed by atoms with Crippen molar-refractivity contribution in [1.82, 2.24) is 9.88 Å². The quantitative estimate of drug-likeness (QED) is 0.251. The summed E-state index contributed by atoms with van der Waals surface area (Å²) in [6.45, 7) is 3.05. The summed E-state index contributed by atoms with van der Waals surface area (Å²) >= 11 is 12.2. The van der Waals surface area contributed by atoms with Crippen LogP contribution in [-0.2, 0) is 12.0 Å². The zero-order valence-corrected chi connectivity index (χ0v) is 22.2. The standard InChI is InChI=1S/C31H26Cl2FN3O/c32-28-16-23(17-29(33)35-28)30(38)37-20-31(26-18-24(34)10-11-27(26)37)12-14-36(15-13-31)19-22-8-4-5-9-25(22)21-6-2-1-3-7-21/h1-11,16-18H,12-15,19-20H2. The van der Waals surface area contributed by atoms with E-state index >= 15 is 0 Å². The van der Waals surface area contributed by atoms with Gasteiger partial charge in [-0.05, 0) is 78.5 Å². The van der Waals surface area contributed by atoms with Gasteiger partial charge < -0.3 is 4.90 Å². The molecule has 0 saturated carbocycles. The Labute approximate surface area is 231 Å². The zero-order valence-electron chi connectivity index (χ0n) is 20.7. The van der Waals surface area contributed by atoms with Gasteiger partial charge in [0.05, 0.1) is 0 Å². The van der Waals surface area contributed by atoms with Crippen LogP contribution < -0.4 is 4.90 Å². The number of anilines is 1. The fourth-order valence-corrected chi connectivity index (χ4v) is 6.39. The smallest absolute Gasteiger partial charge is 0.258 e. The summed E-state index contributed by atoms with van der Waals surface area (Å²) in [5.41, 5.74) is 5.47. The Balaban J connectivity index is 1.24. The van der Waals surface area contributed by atoms with Crippen LogP contribution in [0.2, 0.25) is 10.3 Å². The van der Waals surface area contributed by atoms with Crippen molar-refractivity contribution in [2.24, 2.45) is 0 Å². The largest absolute Gasteiger partial charge is 0.307 e. The number of carbonyl (C=O) groups is 1. The lowest BCUT2D eigenvalue weighted by Crippen LogP contribution is -2.45. The summed E-state index contributed by atoms with van der Waals surface area (Å²) in [5.74, 6) is -0.494. The van der Waals surface area contributed by atoms with Crippen LogP contribution in [-0.4, -0.2) is 35.4 Å². The first kappa shape index (κ1) is 25.1. The van der Waals surface area contributed by atoms with E-state index in [0.717, 1.165) is 43.7 Å². The average molecular weight is 546 g/mol. The maximum absolute atomic E-state index is 14.5. The molecule has 7 heteroatoms. The van der Waals surface area contributed by atoms with Gasteiger partial charge in [0.25, 0.3) is 5.91 Å². The van der Waals surface area contributed by atoms with E-state index in [1.165, 1.54) is 34.9 Å². The van der Waals surface area contributed by atoms with Crippen molar-refractivity contribution in [3.8, 4) is 11.1 Å². The Morgan fingerprint density at radius 3 is 2.32 bits per heavy atom. The molecule has 0 atom stereocenters. The molecule has 2 aliphatic rings. The molecule has 0 N–H and O–H groups in total. The van der Waals surface area contributed by atoms with Crippen molar-refractivity contribution in [1.29, 1.82) is 0 Å². The Bertz CT molecular complexity index is 1480. The zero-order chi connectivity index (χ0) is 26.3. The van der Waals surface area contributed by atoms with Gasteiger partial charge in [-0.15, -0.1) is 0 Å². The van der Waals surface area contributed by atoms with E-state index < -0.39 is 0 Å². The molecule has 0 unspecified atom stereocenters. The van der Waals surface area contributed by atoms with Gasteiger partial charge in [0.15, 0.2) is 0 Å². The van der Waals surface area contributed by atoms with Crippen molar-refractivity contribution in [2.45, 2.75) is 24.8 Å². The maximum atomic E-state index is 14.5. The molecule has 1 saturated heterocycles. The van der Waals surface area contributed by atoms with E-state index in [-0.39, 0.29) is 27.4 Å². The number of benzene rings is 3. The molecule has 38 heavy (non-hydrogen) atoms. The van der Waals surface area contributed by atoms with E-state index in [9.17, 15) is 9.18 Å². The van der Waals surface area contributed by atoms with E-state index in [2.05, 4.69) is 58.4 Å². The van der Waals surface area contributed by atoms with Crippen molar-refractivity contribution >= 4 is 34.8 Å². The number of likely N-dealkylation sites (tertiary alicyclic amines) is 1. The van der Waals surface area contributed by atoms with Crippen LogP contribution in [0.4, 0.5) is 10.1 Å². The molecule has 192 valence electrons. The number of aromatic nitrogens is 1. The molecule has 1 aromatic heterocycles. The number of piperidine rings is 1. The molecule has 3 aromatic carbocycles. The second-order valence-corrected chi connectivity index (χ2v) is 10.9. The van der Waals surface area contributed by atoms with E-state index in [4.69, 9.17) is 23.2 Å². The summed E-state index contributed by atoms with van der Waals surface area (Å²) in [6.07, 6.45) is 1.66. The van der Waals surface area contributed by atoms with Crippen LogP contribution >= 0.6 is 23.2 Å². The molecule has 4 nitrogen and oxygen atoms in total. The maximum Gasteiger partial charge on any atom is 0.258 e. The SMILES string of the molecule is O=C(c1cc(Cl)nc(Cl)c1)N1CC2(CCN(Cc3ccccc3-c3ccccc3)CC2)c2cc(F)ccc21. The minimum absolute atomic E-state index is 0.165. The molecular weight excluding hydrogens is 520 g/mol. The Morgan fingerprint density at radius 2 is 1.58 bits per heavy atom. The van der Waals surface area contributed by atoms with Crippen LogP contribution in [0.25, 0.3) is 11.1 Å². The van der Waals surface area contributed by atoms with Gasteiger partial charge >= 0.3 is 0 Å². The number of rotatable bonds is 4. The monoisotopic (exact) mass is 545 g/mol. The number of hydrogen-bond acceptors (Lipinski definition) is 3. The first-order valence-electron chi connectivity index (χ1n) is 12.7. The molecule has 1 spiro atoms. The molecule has 1 fully saturated rings. The predicted octanol–water partition coefficient (Wildman–Crippen LogP) is 7.39. The van der Waals surface area contributed by atoms with Crippen molar-refractivity contribution in [3.05, 3.63) is 118 Å². The molecule has 0 aliphatic carbocycles. The number of hydrogen-bond donors (Lipinski definition) is 0. The van der Waals surface area contributed by atoms with Crippen LogP contribution in [0.1, 0.15) is 34.3 Å². The third-order valence-corrected chi connectivity index (χ3v) is 8.23. The molecule has 3 heterocycles. The fourth-order valence-electron chi connectivity index (χ4n) is 5.93. The number of halogens is 3. The fraction of sp³-hybridized carbons (Fsp3) is 0.226. The first-order valence-corrected chi connectivity index (χ1v) is 13.5. The van der Waals surface area contributed by atoms with E-state index in [1.807, 2.05) is 6.07 Å². The predicted molar refractivity (Wildman–Crippen MR) is 150 cm³/mol. The topological polar surface area (TPSA) is 36.4 Å². The second-order valence-electron chi connectivity index (χ2n) is 10.1. The Hall–Kier alpha value is -3.25. The van der Waals surface area contributed by atoms with Gasteiger partial charge in [-0.25, -0.2) is 9.37 Å². The van der Waals surface area contributed by atoms with Gasteiger partial charge in [-0.3, -0.25) is 9.69 Å². The highest BCUT2D eigenvalue weighted by atomic mass is 35.5. The first-order chi connectivity index (χ1) is 18.4. The summed E-state index contributed by atoms with van der Waals surface area (Å²) < 4.78 is 14.5. The van der Waals surface area contributed by atoms with Crippen molar-refractivity contribution < 1.29 is 9.18 Å². The summed E-state index contributed by atoms with van der Waals surface area (Å²) in [6, 6.07) is 26.8. The Morgan fingerprint density at radius 1 is 0.895 bits per heavy atom. The molecule has 6 rings (SSSR count). The lowest BCUT2D eigenvalue weighted by molar-refractivity contribution is 0.0975. The lowest BCUT2D eigenvalue weighted by atomic mass is 9.74. The third kappa shape index (κ3) is 4.71. The van der Waals surface area contributed by atoms with Gasteiger partial charge in [-0.2, -0.15) is 0 Å². The Kier molecular flexibility index (Phi) is 6.68. The van der Waals surface area contributed by atoms with Gasteiger partial charge in [0, 0.05) is 29.8 Å². The highest BCUT2D eigenvalue weighted by Crippen LogP contribution is 2.48. The molecule has 0 bridgehead atoms. The van der Waals surface area contributed by atoms with Crippen LogP contribution in [0, 0.1) is 5.82 Å². The minimum atomic E-state index is -0.302. The lowest BCUT2D eigenvalue weighted by Gasteiger charge is -2.40. The summed E-state index contributed by atoms with van der Waals surface area (Å²) in [7, 11) is 0. The van der Waals surface area contributed by atoms with Crippen LogP contribution in [0.5, 0.6) is 0 Å². The molecule has 2 aliphatic heterocycles. The van der Waals surface area contributed by atoms with Gasteiger partial charge in [0.2, 0.25) is 0 Å². The van der Waals surface area contributed by atoms with E-state index in [1.54, 1.807) is 17.0 Å². The molecule has 0 radical (unpaired) electrons. The minimum Gasteiger partial charge on any atom is -0.307 e. The summed E-state index contributed by atoms with van der Waals surface area (Å²) in [5, 5.41) is 0.330. The third-order valence-electron chi connectivity index (χ3n) is 7.85. The number of nitrogens with zero attached hydrogens (tertiary/aromatic N) is 3. The van der Waals surface area contributed by atoms with Crippen molar-refractivity contribution in [2.75, 3.05) is 24.5 Å². The van der Waals surface area contributed by atoms with Gasteiger partial charge in [0.1, 0.15) is 16.1 Å². The molecule has 4 aromatic rings. The van der Waals surface area contributed by atoms with Crippen molar-refractivity contribution in [3.63, 3.8) is 0 Å². The summed E-state index contributed by atoms with van der Waals surface area (Å²) in [4.78, 5) is 21.7. The highest BCUT2D eigenvalue weighted by molar-refractivity contribution is 6.33. The second kappa shape index (κ2) is 10.1. The van der Waals surface area contributed by atoms with E-state index in [0.29, 0.717) is 12.1 Å². The van der Waals surface area contributed by atoms with Crippen LogP contribution in [0.15, 0.2) is 84.9 Å².